The second-order valence-electron chi connectivity index (χ2n) is 5.71. The molecular formula is C16H22N2O4S. The third-order valence-electron chi connectivity index (χ3n) is 4.00. The Hall–Kier alpha value is -1.89. The molecular weight excluding hydrogens is 316 g/mol. The smallest absolute Gasteiger partial charge is 0.271 e. The first-order valence-electron chi connectivity index (χ1n) is 7.59. The zero-order valence-electron chi connectivity index (χ0n) is 13.6. The number of amides is 1. The van der Waals surface area contributed by atoms with Crippen molar-refractivity contribution < 1.29 is 18.0 Å². The van der Waals surface area contributed by atoms with E-state index in [-0.39, 0.29) is 23.5 Å². The van der Waals surface area contributed by atoms with Crippen molar-refractivity contribution >= 4 is 21.5 Å². The summed E-state index contributed by atoms with van der Waals surface area (Å²) in [4.78, 5) is 19.2. The minimum atomic E-state index is -3.14. The molecule has 1 aromatic carbocycles. The normalized spacial score (nSPS) is 18.9. The van der Waals surface area contributed by atoms with Crippen LogP contribution in [0.4, 0.5) is 0 Å². The first-order valence-corrected chi connectivity index (χ1v) is 9.41. The third-order valence-corrected chi connectivity index (χ3v) is 5.87. The van der Waals surface area contributed by atoms with Crippen LogP contribution in [0.25, 0.3) is 0 Å². The van der Waals surface area contributed by atoms with Gasteiger partial charge in [0.05, 0.1) is 5.75 Å². The maximum absolute atomic E-state index is 12.5. The second kappa shape index (κ2) is 7.12. The second-order valence-corrected chi connectivity index (χ2v) is 8.11. The molecule has 0 bridgehead atoms. The number of hydrogen-bond donors (Lipinski definition) is 0. The highest BCUT2D eigenvalue weighted by atomic mass is 32.2. The number of benzene rings is 1. The summed E-state index contributed by atoms with van der Waals surface area (Å²) >= 11 is 0. The minimum absolute atomic E-state index is 0.0536. The van der Waals surface area contributed by atoms with Crippen LogP contribution in [0.1, 0.15) is 31.9 Å². The fourth-order valence-electron chi connectivity index (χ4n) is 2.35. The number of nitrogens with zero attached hydrogens (tertiary/aromatic N) is 2. The highest BCUT2D eigenvalue weighted by Gasteiger charge is 2.31. The van der Waals surface area contributed by atoms with E-state index in [4.69, 9.17) is 4.84 Å². The van der Waals surface area contributed by atoms with Gasteiger partial charge in [0.15, 0.2) is 15.9 Å². The maximum atomic E-state index is 12.5. The lowest BCUT2D eigenvalue weighted by molar-refractivity contribution is -0.124. The Bertz CT molecular complexity index is 685. The number of hydrogen-bond acceptors (Lipinski definition) is 5. The molecule has 0 radical (unpaired) electrons. The van der Waals surface area contributed by atoms with Crippen molar-refractivity contribution in [2.75, 3.05) is 18.6 Å². The van der Waals surface area contributed by atoms with E-state index in [1.807, 2.05) is 30.3 Å². The first-order chi connectivity index (χ1) is 10.8. The number of rotatable bonds is 6. The quantitative estimate of drug-likeness (QED) is 0.792. The van der Waals surface area contributed by atoms with Gasteiger partial charge < -0.3 is 9.74 Å². The van der Waals surface area contributed by atoms with E-state index in [2.05, 4.69) is 5.16 Å². The van der Waals surface area contributed by atoms with E-state index in [0.29, 0.717) is 12.1 Å². The minimum Gasteiger partial charge on any atom is -0.387 e. The maximum Gasteiger partial charge on any atom is 0.271 e. The third kappa shape index (κ3) is 4.31. The lowest BCUT2D eigenvalue weighted by Crippen LogP contribution is -2.42. The molecule has 1 aliphatic rings. The van der Waals surface area contributed by atoms with Gasteiger partial charge in [-0.3, -0.25) is 4.79 Å². The lowest BCUT2D eigenvalue weighted by Gasteiger charge is -2.24. The molecule has 1 aliphatic heterocycles. The van der Waals surface area contributed by atoms with E-state index in [1.165, 1.54) is 4.90 Å². The summed E-state index contributed by atoms with van der Waals surface area (Å²) in [5, 5.41) is 3.89. The number of sulfone groups is 1. The first kappa shape index (κ1) is 17.5. The van der Waals surface area contributed by atoms with Crippen LogP contribution in [0.3, 0.4) is 0 Å². The molecule has 2 atom stereocenters. The van der Waals surface area contributed by atoms with Crippen LogP contribution >= 0.6 is 0 Å². The molecule has 0 saturated heterocycles. The van der Waals surface area contributed by atoms with Crippen LogP contribution in [0, 0.1) is 0 Å². The molecule has 0 N–H and O–H groups in total. The van der Waals surface area contributed by atoms with Gasteiger partial charge in [-0.2, -0.15) is 0 Å². The molecule has 7 heteroatoms. The topological polar surface area (TPSA) is 76.0 Å². The summed E-state index contributed by atoms with van der Waals surface area (Å²) in [6.07, 6.45) is 0.124. The van der Waals surface area contributed by atoms with E-state index in [9.17, 15) is 13.2 Å². The largest absolute Gasteiger partial charge is 0.387 e. The van der Waals surface area contributed by atoms with E-state index >= 15 is 0 Å². The molecule has 23 heavy (non-hydrogen) atoms. The highest BCUT2D eigenvalue weighted by Crippen LogP contribution is 2.27. The Morgan fingerprint density at radius 1 is 1.39 bits per heavy atom. The Balaban J connectivity index is 1.98. The number of carbonyl (C=O) groups excluding carboxylic acids is 1. The van der Waals surface area contributed by atoms with E-state index < -0.39 is 15.9 Å². The van der Waals surface area contributed by atoms with E-state index in [1.54, 1.807) is 20.9 Å². The molecule has 0 saturated carbocycles. The van der Waals surface area contributed by atoms with Crippen LogP contribution in [0.15, 0.2) is 35.5 Å². The molecule has 0 aliphatic carbocycles. The molecule has 6 nitrogen and oxygen atoms in total. The van der Waals surface area contributed by atoms with Gasteiger partial charge in [-0.05, 0) is 12.5 Å². The van der Waals surface area contributed by atoms with Crippen LogP contribution < -0.4 is 0 Å². The molecule has 1 amide bonds. The fraction of sp³-hybridized carbons (Fsp3) is 0.500. The van der Waals surface area contributed by atoms with Gasteiger partial charge in [0.25, 0.3) is 5.91 Å². The summed E-state index contributed by atoms with van der Waals surface area (Å²) in [5.41, 5.74) is 1.28. The van der Waals surface area contributed by atoms with Crippen LogP contribution in [-0.4, -0.2) is 49.5 Å². The van der Waals surface area contributed by atoms with Gasteiger partial charge in [-0.1, -0.05) is 42.4 Å². The van der Waals surface area contributed by atoms with Crippen molar-refractivity contribution in [1.82, 2.24) is 4.90 Å². The van der Waals surface area contributed by atoms with Crippen LogP contribution in [-0.2, 0) is 19.5 Å². The fourth-order valence-corrected chi connectivity index (χ4v) is 3.55. The SMILES string of the molecule is CCS(=O)(=O)CC(C)N(C)C(=O)C1=NOC(c2ccccc2)C1. The summed E-state index contributed by atoms with van der Waals surface area (Å²) < 4.78 is 23.4. The van der Waals surface area contributed by atoms with Gasteiger partial charge >= 0.3 is 0 Å². The van der Waals surface area contributed by atoms with Crippen molar-refractivity contribution in [1.29, 1.82) is 0 Å². The van der Waals surface area contributed by atoms with Crippen molar-refractivity contribution in [2.45, 2.75) is 32.4 Å². The Kier molecular flexibility index (Phi) is 5.41. The zero-order valence-corrected chi connectivity index (χ0v) is 14.4. The number of carbonyl (C=O) groups is 1. The van der Waals surface area contributed by atoms with Gasteiger partial charge in [-0.15, -0.1) is 0 Å². The molecule has 2 rings (SSSR count). The van der Waals surface area contributed by atoms with Gasteiger partial charge in [-0.25, -0.2) is 8.42 Å². The molecule has 0 spiro atoms. The Labute approximate surface area is 137 Å². The lowest BCUT2D eigenvalue weighted by atomic mass is 10.0. The van der Waals surface area contributed by atoms with Crippen LogP contribution in [0.5, 0.6) is 0 Å². The van der Waals surface area contributed by atoms with Crippen LogP contribution in [0.2, 0.25) is 0 Å². The van der Waals surface area contributed by atoms with E-state index in [0.717, 1.165) is 5.56 Å². The van der Waals surface area contributed by atoms with Gasteiger partial charge in [0.1, 0.15) is 5.71 Å². The van der Waals surface area contributed by atoms with Gasteiger partial charge in [0.2, 0.25) is 0 Å². The van der Waals surface area contributed by atoms with Gasteiger partial charge in [0, 0.05) is 25.3 Å². The molecule has 0 fully saturated rings. The standard InChI is InChI=1S/C16H22N2O4S/c1-4-23(20,21)11-12(2)18(3)16(19)14-10-15(22-17-14)13-8-6-5-7-9-13/h5-9,12,15H,4,10-11H2,1-3H3. The summed E-state index contributed by atoms with van der Waals surface area (Å²) in [5.74, 6) is -0.274. The number of oxime groups is 1. The van der Waals surface area contributed by atoms with Crippen molar-refractivity contribution in [3.8, 4) is 0 Å². The Morgan fingerprint density at radius 2 is 2.04 bits per heavy atom. The molecule has 2 unspecified atom stereocenters. The summed E-state index contributed by atoms with van der Waals surface area (Å²) in [6, 6.07) is 9.16. The summed E-state index contributed by atoms with van der Waals surface area (Å²) in [6.45, 7) is 3.32. The van der Waals surface area contributed by atoms with Crippen molar-refractivity contribution in [3.05, 3.63) is 35.9 Å². The van der Waals surface area contributed by atoms with Crippen molar-refractivity contribution in [2.24, 2.45) is 5.16 Å². The molecule has 126 valence electrons. The summed E-state index contributed by atoms with van der Waals surface area (Å²) in [7, 11) is -1.55. The predicted octanol–water partition coefficient (Wildman–Crippen LogP) is 1.79. The average Bonchev–Trinajstić information content (AvgIpc) is 3.04. The van der Waals surface area contributed by atoms with Crippen molar-refractivity contribution in [3.63, 3.8) is 0 Å². The predicted molar refractivity (Wildman–Crippen MR) is 88.9 cm³/mol. The molecule has 1 aromatic rings. The molecule has 1 heterocycles. The Morgan fingerprint density at radius 3 is 2.65 bits per heavy atom. The zero-order chi connectivity index (χ0) is 17.0. The monoisotopic (exact) mass is 338 g/mol. The average molecular weight is 338 g/mol. The molecule has 0 aromatic heterocycles. The highest BCUT2D eigenvalue weighted by molar-refractivity contribution is 7.91.